The van der Waals surface area contributed by atoms with Crippen LogP contribution in [0.2, 0.25) is 0 Å². The Hall–Kier alpha value is -1.88. The molecule has 0 radical (unpaired) electrons. The molecular weight excluding hydrogens is 252 g/mol. The van der Waals surface area contributed by atoms with Gasteiger partial charge in [0.25, 0.3) is 5.91 Å². The van der Waals surface area contributed by atoms with Crippen LogP contribution in [0.3, 0.4) is 0 Å². The van der Waals surface area contributed by atoms with E-state index in [1.54, 1.807) is 0 Å². The lowest BCUT2D eigenvalue weighted by molar-refractivity contribution is 0.0531. The summed E-state index contributed by atoms with van der Waals surface area (Å²) in [4.78, 5) is 14.1. The minimum Gasteiger partial charge on any atom is -0.364 e. The molecular formula is C15H18N4O. The van der Waals surface area contributed by atoms with Gasteiger partial charge in [0.1, 0.15) is 0 Å². The number of aromatic nitrogens is 2. The van der Waals surface area contributed by atoms with Gasteiger partial charge in [-0.2, -0.15) is 5.10 Å². The smallest absolute Gasteiger partial charge is 0.269 e. The summed E-state index contributed by atoms with van der Waals surface area (Å²) in [5, 5.41) is 5.42. The highest BCUT2D eigenvalue weighted by Crippen LogP contribution is 2.37. The first-order chi connectivity index (χ1) is 9.74. The van der Waals surface area contributed by atoms with Crippen LogP contribution in [0.4, 0.5) is 0 Å². The van der Waals surface area contributed by atoms with Gasteiger partial charge in [-0.1, -0.05) is 18.2 Å². The van der Waals surface area contributed by atoms with Gasteiger partial charge in [0.2, 0.25) is 0 Å². The fraction of sp³-hybridized carbons (Fsp3) is 0.467. The van der Waals surface area contributed by atoms with Crippen LogP contribution >= 0.6 is 0 Å². The molecule has 0 unspecified atom stereocenters. The van der Waals surface area contributed by atoms with Gasteiger partial charge in [-0.15, -0.1) is 0 Å². The van der Waals surface area contributed by atoms with Crippen LogP contribution in [0.1, 0.15) is 29.4 Å². The topological polar surface area (TPSA) is 64.2 Å². The third kappa shape index (κ3) is 1.66. The molecule has 3 aliphatic rings. The van der Waals surface area contributed by atoms with Crippen LogP contribution in [0.15, 0.2) is 24.3 Å². The zero-order valence-electron chi connectivity index (χ0n) is 11.3. The fourth-order valence-corrected chi connectivity index (χ4v) is 3.73. The summed E-state index contributed by atoms with van der Waals surface area (Å²) in [6.07, 6.45) is 2.45. The quantitative estimate of drug-likeness (QED) is 0.897. The highest BCUT2D eigenvalue weighted by molar-refractivity contribution is 6.04. The van der Waals surface area contributed by atoms with Crippen LogP contribution < -0.4 is 5.73 Å². The number of primary amides is 1. The Bertz CT molecular complexity index is 670. The minimum atomic E-state index is -0.443. The van der Waals surface area contributed by atoms with E-state index in [1.165, 1.54) is 25.9 Å². The number of nitrogens with two attached hydrogens (primary N) is 1. The van der Waals surface area contributed by atoms with Gasteiger partial charge in [0.15, 0.2) is 5.69 Å². The maximum absolute atomic E-state index is 11.6. The van der Waals surface area contributed by atoms with E-state index in [0.717, 1.165) is 17.4 Å². The second-order valence-electron chi connectivity index (χ2n) is 5.88. The van der Waals surface area contributed by atoms with Gasteiger partial charge in [-0.05, 0) is 37.9 Å². The summed E-state index contributed by atoms with van der Waals surface area (Å²) in [5.41, 5.74) is 6.90. The summed E-state index contributed by atoms with van der Waals surface area (Å²) < 4.78 is 2.05. The molecule has 4 heterocycles. The highest BCUT2D eigenvalue weighted by atomic mass is 16.1. The Labute approximate surface area is 117 Å². The van der Waals surface area contributed by atoms with E-state index in [2.05, 4.69) is 10.00 Å². The maximum Gasteiger partial charge on any atom is 0.269 e. The monoisotopic (exact) mass is 270 g/mol. The molecule has 2 aromatic rings. The number of fused-ring (bicyclic) bond motifs is 4. The third-order valence-corrected chi connectivity index (χ3v) is 4.78. The van der Waals surface area contributed by atoms with E-state index < -0.39 is 5.91 Å². The van der Waals surface area contributed by atoms with E-state index in [1.807, 2.05) is 28.9 Å². The van der Waals surface area contributed by atoms with Gasteiger partial charge < -0.3 is 10.6 Å². The van der Waals surface area contributed by atoms with Gasteiger partial charge in [-0.25, -0.2) is 0 Å². The number of carbonyl (C=O) groups excluding carboxylic acids is 1. The van der Waals surface area contributed by atoms with Crippen LogP contribution in [0.5, 0.6) is 0 Å². The van der Waals surface area contributed by atoms with Gasteiger partial charge in [0, 0.05) is 11.9 Å². The van der Waals surface area contributed by atoms with E-state index >= 15 is 0 Å². The number of benzene rings is 1. The fourth-order valence-electron chi connectivity index (χ4n) is 3.73. The van der Waals surface area contributed by atoms with Crippen molar-refractivity contribution in [2.75, 3.05) is 19.6 Å². The Balaban J connectivity index is 1.86. The second-order valence-corrected chi connectivity index (χ2v) is 5.88. The van der Waals surface area contributed by atoms with Crippen molar-refractivity contribution < 1.29 is 4.79 Å². The average molecular weight is 270 g/mol. The summed E-state index contributed by atoms with van der Waals surface area (Å²) in [6, 6.07) is 8.26. The highest BCUT2D eigenvalue weighted by Gasteiger charge is 2.36. The molecule has 5 nitrogen and oxygen atoms in total. The molecule has 20 heavy (non-hydrogen) atoms. The predicted molar refractivity (Wildman–Crippen MR) is 76.5 cm³/mol. The van der Waals surface area contributed by atoms with Crippen molar-refractivity contribution in [2.45, 2.75) is 18.9 Å². The molecule has 0 spiro atoms. The Morgan fingerprint density at radius 1 is 1.25 bits per heavy atom. The average Bonchev–Trinajstić information content (AvgIpc) is 2.88. The first kappa shape index (κ1) is 11.9. The molecule has 1 aromatic carbocycles. The van der Waals surface area contributed by atoms with Crippen molar-refractivity contribution in [2.24, 2.45) is 11.7 Å². The summed E-state index contributed by atoms with van der Waals surface area (Å²) >= 11 is 0. The SMILES string of the molecule is NC(=O)c1nn([C@H]2CN3CCC2CC3)c2ccccc12. The number of hydrogen-bond donors (Lipinski definition) is 1. The van der Waals surface area contributed by atoms with Crippen LogP contribution in [0.25, 0.3) is 10.9 Å². The molecule has 0 saturated carbocycles. The minimum absolute atomic E-state index is 0.371. The second kappa shape index (κ2) is 4.31. The number of rotatable bonds is 2. The van der Waals surface area contributed by atoms with E-state index in [4.69, 9.17) is 5.73 Å². The van der Waals surface area contributed by atoms with Crippen LogP contribution in [-0.4, -0.2) is 40.2 Å². The third-order valence-electron chi connectivity index (χ3n) is 4.78. The number of hydrogen-bond acceptors (Lipinski definition) is 3. The van der Waals surface area contributed by atoms with Crippen molar-refractivity contribution in [3.63, 3.8) is 0 Å². The number of piperidine rings is 3. The molecule has 5 rings (SSSR count). The van der Waals surface area contributed by atoms with Crippen molar-refractivity contribution >= 4 is 16.8 Å². The first-order valence-corrected chi connectivity index (χ1v) is 7.23. The molecule has 2 N–H and O–H groups in total. The van der Waals surface area contributed by atoms with E-state index in [9.17, 15) is 4.79 Å². The summed E-state index contributed by atoms with van der Waals surface area (Å²) in [7, 11) is 0. The molecule has 2 bridgehead atoms. The molecule has 3 fully saturated rings. The van der Waals surface area contributed by atoms with Gasteiger partial charge in [-0.3, -0.25) is 9.48 Å². The zero-order chi connectivity index (χ0) is 13.7. The van der Waals surface area contributed by atoms with Crippen LogP contribution in [0, 0.1) is 5.92 Å². The molecule has 104 valence electrons. The summed E-state index contributed by atoms with van der Waals surface area (Å²) in [6.45, 7) is 3.43. The molecule has 0 aliphatic carbocycles. The molecule has 1 amide bonds. The molecule has 1 atom stereocenters. The normalized spacial score (nSPS) is 28.9. The molecule has 5 heteroatoms. The van der Waals surface area contributed by atoms with Crippen molar-refractivity contribution in [1.29, 1.82) is 0 Å². The Morgan fingerprint density at radius 3 is 2.65 bits per heavy atom. The largest absolute Gasteiger partial charge is 0.364 e. The first-order valence-electron chi connectivity index (χ1n) is 7.23. The predicted octanol–water partition coefficient (Wildman–Crippen LogP) is 1.40. The van der Waals surface area contributed by atoms with Gasteiger partial charge in [0.05, 0.1) is 11.6 Å². The number of amides is 1. The number of nitrogens with zero attached hydrogens (tertiary/aromatic N) is 3. The Kier molecular flexibility index (Phi) is 2.57. The van der Waals surface area contributed by atoms with E-state index in [0.29, 0.717) is 17.7 Å². The molecule has 1 aromatic heterocycles. The lowest BCUT2D eigenvalue weighted by Gasteiger charge is -2.44. The van der Waals surface area contributed by atoms with Gasteiger partial charge >= 0.3 is 0 Å². The standard InChI is InChI=1S/C15H18N4O/c16-15(20)14-11-3-1-2-4-12(11)19(17-14)13-9-18-7-5-10(13)6-8-18/h1-4,10,13H,5-9H2,(H2,16,20)/t13-/m0/s1. The maximum atomic E-state index is 11.6. The van der Waals surface area contributed by atoms with Crippen molar-refractivity contribution in [3.05, 3.63) is 30.0 Å². The Morgan fingerprint density at radius 2 is 2.00 bits per heavy atom. The van der Waals surface area contributed by atoms with E-state index in [-0.39, 0.29) is 0 Å². The van der Waals surface area contributed by atoms with Crippen molar-refractivity contribution in [3.8, 4) is 0 Å². The zero-order valence-corrected chi connectivity index (χ0v) is 11.3. The lowest BCUT2D eigenvalue weighted by atomic mass is 9.84. The van der Waals surface area contributed by atoms with Crippen LogP contribution in [-0.2, 0) is 0 Å². The van der Waals surface area contributed by atoms with Crippen molar-refractivity contribution in [1.82, 2.24) is 14.7 Å². The summed E-state index contributed by atoms with van der Waals surface area (Å²) in [5.74, 6) is 0.227. The number of para-hydroxylation sites is 1. The molecule has 3 saturated heterocycles. The molecule has 3 aliphatic heterocycles. The number of carbonyl (C=O) groups is 1. The lowest BCUT2D eigenvalue weighted by Crippen LogP contribution is -2.48.